The summed E-state index contributed by atoms with van der Waals surface area (Å²) in [5.74, 6) is -0.105. The summed E-state index contributed by atoms with van der Waals surface area (Å²) in [6.07, 6.45) is 0.172. The first-order chi connectivity index (χ1) is 8.62. The molecule has 1 heterocycles. The highest BCUT2D eigenvalue weighted by molar-refractivity contribution is 5.92. The minimum Gasteiger partial charge on any atom is -0.393 e. The smallest absolute Gasteiger partial charge is 0.274 e. The van der Waals surface area contributed by atoms with Gasteiger partial charge in [-0.2, -0.15) is 5.10 Å². The predicted octanol–water partition coefficient (Wildman–Crippen LogP) is 1.79. The van der Waals surface area contributed by atoms with Crippen molar-refractivity contribution in [1.29, 1.82) is 0 Å². The SMILES string of the molecule is Cc1cc(C(=O)N(C)CCC(C)O)nn1C(C)(C)C. The number of hydrogen-bond acceptors (Lipinski definition) is 3. The van der Waals surface area contributed by atoms with Gasteiger partial charge in [0.15, 0.2) is 5.69 Å². The Balaban J connectivity index is 2.83. The van der Waals surface area contributed by atoms with E-state index in [1.807, 2.05) is 17.7 Å². The lowest BCUT2D eigenvalue weighted by molar-refractivity contribution is 0.0761. The molecule has 0 aromatic carbocycles. The fourth-order valence-corrected chi connectivity index (χ4v) is 1.94. The number of aliphatic hydroxyl groups is 1. The van der Waals surface area contributed by atoms with E-state index in [2.05, 4.69) is 25.9 Å². The van der Waals surface area contributed by atoms with E-state index in [4.69, 9.17) is 0 Å². The van der Waals surface area contributed by atoms with Crippen LogP contribution in [0.2, 0.25) is 0 Å². The molecule has 1 N–H and O–H groups in total. The van der Waals surface area contributed by atoms with Crippen molar-refractivity contribution in [3.05, 3.63) is 17.5 Å². The first-order valence-corrected chi connectivity index (χ1v) is 6.63. The maximum Gasteiger partial charge on any atom is 0.274 e. The fourth-order valence-electron chi connectivity index (χ4n) is 1.94. The third-order valence-electron chi connectivity index (χ3n) is 2.97. The van der Waals surface area contributed by atoms with Crippen LogP contribution < -0.4 is 0 Å². The molecular formula is C14H25N3O2. The predicted molar refractivity (Wildman–Crippen MR) is 75.2 cm³/mol. The van der Waals surface area contributed by atoms with Crippen LogP contribution in [0.15, 0.2) is 6.07 Å². The van der Waals surface area contributed by atoms with Gasteiger partial charge in [0.2, 0.25) is 0 Å². The van der Waals surface area contributed by atoms with Crippen molar-refractivity contribution in [2.24, 2.45) is 0 Å². The van der Waals surface area contributed by atoms with Crippen LogP contribution in [-0.2, 0) is 5.54 Å². The van der Waals surface area contributed by atoms with Crippen molar-refractivity contribution >= 4 is 5.91 Å². The fraction of sp³-hybridized carbons (Fsp3) is 0.714. The van der Waals surface area contributed by atoms with Crippen LogP contribution >= 0.6 is 0 Å². The van der Waals surface area contributed by atoms with Crippen LogP contribution in [0.25, 0.3) is 0 Å². The number of hydrogen-bond donors (Lipinski definition) is 1. The van der Waals surface area contributed by atoms with E-state index in [-0.39, 0.29) is 11.4 Å². The quantitative estimate of drug-likeness (QED) is 0.904. The number of carbonyl (C=O) groups is 1. The Hall–Kier alpha value is -1.36. The topological polar surface area (TPSA) is 58.4 Å². The molecule has 5 nitrogen and oxygen atoms in total. The Morgan fingerprint density at radius 1 is 1.53 bits per heavy atom. The Bertz CT molecular complexity index is 444. The van der Waals surface area contributed by atoms with Crippen LogP contribution in [0.3, 0.4) is 0 Å². The summed E-state index contributed by atoms with van der Waals surface area (Å²) in [5, 5.41) is 13.6. The molecule has 1 amide bonds. The van der Waals surface area contributed by atoms with Crippen molar-refractivity contribution in [1.82, 2.24) is 14.7 Å². The monoisotopic (exact) mass is 267 g/mol. The highest BCUT2D eigenvalue weighted by Crippen LogP contribution is 2.17. The van der Waals surface area contributed by atoms with E-state index in [0.29, 0.717) is 18.7 Å². The van der Waals surface area contributed by atoms with E-state index in [0.717, 1.165) is 5.69 Å². The molecule has 0 aliphatic rings. The van der Waals surface area contributed by atoms with Gasteiger partial charge in [0.25, 0.3) is 5.91 Å². The highest BCUT2D eigenvalue weighted by atomic mass is 16.3. The molecule has 5 heteroatoms. The van der Waals surface area contributed by atoms with Gasteiger partial charge in [-0.25, -0.2) is 0 Å². The molecule has 0 bridgehead atoms. The average Bonchev–Trinajstić information content (AvgIpc) is 2.66. The second kappa shape index (κ2) is 5.74. The number of rotatable bonds is 4. The van der Waals surface area contributed by atoms with Crippen LogP contribution in [-0.4, -0.2) is 45.4 Å². The summed E-state index contributed by atoms with van der Waals surface area (Å²) in [6.45, 7) is 10.4. The zero-order valence-corrected chi connectivity index (χ0v) is 12.8. The van der Waals surface area contributed by atoms with Crippen LogP contribution in [0.1, 0.15) is 50.3 Å². The normalized spacial score (nSPS) is 13.4. The van der Waals surface area contributed by atoms with Gasteiger partial charge >= 0.3 is 0 Å². The van der Waals surface area contributed by atoms with Crippen molar-refractivity contribution in [3.63, 3.8) is 0 Å². The Morgan fingerprint density at radius 2 is 2.11 bits per heavy atom. The molecule has 19 heavy (non-hydrogen) atoms. The summed E-state index contributed by atoms with van der Waals surface area (Å²) in [4.78, 5) is 13.8. The molecule has 0 radical (unpaired) electrons. The number of aliphatic hydroxyl groups excluding tert-OH is 1. The molecule has 0 aliphatic heterocycles. The van der Waals surface area contributed by atoms with Gasteiger partial charge in [-0.3, -0.25) is 9.48 Å². The van der Waals surface area contributed by atoms with E-state index in [1.54, 1.807) is 18.9 Å². The molecule has 1 rings (SSSR count). The zero-order chi connectivity index (χ0) is 14.8. The van der Waals surface area contributed by atoms with E-state index in [1.165, 1.54) is 0 Å². The number of aryl methyl sites for hydroxylation is 1. The van der Waals surface area contributed by atoms with Crippen molar-refractivity contribution in [2.75, 3.05) is 13.6 Å². The van der Waals surface area contributed by atoms with Gasteiger partial charge in [0.05, 0.1) is 11.6 Å². The largest absolute Gasteiger partial charge is 0.393 e. The lowest BCUT2D eigenvalue weighted by Gasteiger charge is -2.21. The number of aromatic nitrogens is 2. The first-order valence-electron chi connectivity index (χ1n) is 6.63. The summed E-state index contributed by atoms with van der Waals surface area (Å²) < 4.78 is 1.86. The van der Waals surface area contributed by atoms with Crippen LogP contribution in [0.4, 0.5) is 0 Å². The van der Waals surface area contributed by atoms with E-state index < -0.39 is 6.10 Å². The number of nitrogens with zero attached hydrogens (tertiary/aromatic N) is 3. The van der Waals surface area contributed by atoms with Crippen LogP contribution in [0.5, 0.6) is 0 Å². The Morgan fingerprint density at radius 3 is 2.53 bits per heavy atom. The minimum absolute atomic E-state index is 0.105. The molecule has 1 aromatic heterocycles. The van der Waals surface area contributed by atoms with Gasteiger partial charge < -0.3 is 10.0 Å². The number of carbonyl (C=O) groups excluding carboxylic acids is 1. The minimum atomic E-state index is -0.399. The van der Waals surface area contributed by atoms with E-state index >= 15 is 0 Å². The molecule has 0 saturated heterocycles. The summed E-state index contributed by atoms with van der Waals surface area (Å²) in [7, 11) is 1.73. The standard InChI is InChI=1S/C14H25N3O2/c1-10-9-12(15-17(10)14(3,4)5)13(19)16(6)8-7-11(2)18/h9,11,18H,7-8H2,1-6H3. The molecule has 1 unspecified atom stereocenters. The molecule has 1 aromatic rings. The van der Waals surface area contributed by atoms with Gasteiger partial charge in [0, 0.05) is 19.3 Å². The van der Waals surface area contributed by atoms with Crippen molar-refractivity contribution in [2.45, 2.75) is 52.7 Å². The molecule has 0 aliphatic carbocycles. The first kappa shape index (κ1) is 15.7. The lowest BCUT2D eigenvalue weighted by Crippen LogP contribution is -2.30. The van der Waals surface area contributed by atoms with Gasteiger partial charge in [-0.05, 0) is 47.1 Å². The maximum atomic E-state index is 12.2. The second-order valence-corrected chi connectivity index (χ2v) is 6.12. The second-order valence-electron chi connectivity index (χ2n) is 6.12. The summed E-state index contributed by atoms with van der Waals surface area (Å²) >= 11 is 0. The average molecular weight is 267 g/mol. The number of amides is 1. The Labute approximate surface area is 115 Å². The third-order valence-corrected chi connectivity index (χ3v) is 2.97. The van der Waals surface area contributed by atoms with Crippen molar-refractivity contribution in [3.8, 4) is 0 Å². The molecular weight excluding hydrogens is 242 g/mol. The van der Waals surface area contributed by atoms with Crippen LogP contribution in [0, 0.1) is 6.92 Å². The molecule has 1 atom stereocenters. The zero-order valence-electron chi connectivity index (χ0n) is 12.8. The Kier molecular flexibility index (Phi) is 4.74. The molecule has 108 valence electrons. The van der Waals surface area contributed by atoms with Gasteiger partial charge in [0.1, 0.15) is 0 Å². The molecule has 0 saturated carbocycles. The van der Waals surface area contributed by atoms with Gasteiger partial charge in [-0.1, -0.05) is 0 Å². The van der Waals surface area contributed by atoms with E-state index in [9.17, 15) is 9.90 Å². The highest BCUT2D eigenvalue weighted by Gasteiger charge is 2.21. The van der Waals surface area contributed by atoms with Crippen molar-refractivity contribution < 1.29 is 9.90 Å². The summed E-state index contributed by atoms with van der Waals surface area (Å²) in [6, 6.07) is 1.81. The summed E-state index contributed by atoms with van der Waals surface area (Å²) in [5.41, 5.74) is 1.29. The van der Waals surface area contributed by atoms with Gasteiger partial charge in [-0.15, -0.1) is 0 Å². The maximum absolute atomic E-state index is 12.2. The third kappa shape index (κ3) is 4.06. The molecule has 0 spiro atoms. The molecule has 0 fully saturated rings. The lowest BCUT2D eigenvalue weighted by atomic mass is 10.1.